The highest BCUT2D eigenvalue weighted by atomic mass is 32.2. The van der Waals surface area contributed by atoms with Crippen molar-refractivity contribution in [1.29, 1.82) is 0 Å². The van der Waals surface area contributed by atoms with Gasteiger partial charge in [-0.15, -0.1) is 0 Å². The molecule has 1 saturated heterocycles. The maximum Gasteiger partial charge on any atom is 0.246 e. The minimum atomic E-state index is -3.41. The van der Waals surface area contributed by atoms with Crippen LogP contribution in [-0.2, 0) is 17.1 Å². The molecule has 1 aliphatic rings. The zero-order valence-corrected chi connectivity index (χ0v) is 11.9. The number of nitrogens with zero attached hydrogens (tertiary/aromatic N) is 3. The first-order valence-electron chi connectivity index (χ1n) is 6.13. The molecule has 1 N–H and O–H groups in total. The molecule has 1 atom stereocenters. The Morgan fingerprint density at radius 1 is 1.56 bits per heavy atom. The summed E-state index contributed by atoms with van der Waals surface area (Å²) in [5, 5.41) is 7.08. The van der Waals surface area contributed by atoms with Gasteiger partial charge >= 0.3 is 0 Å². The van der Waals surface area contributed by atoms with Crippen molar-refractivity contribution in [3.63, 3.8) is 0 Å². The summed E-state index contributed by atoms with van der Waals surface area (Å²) in [4.78, 5) is 0.327. The van der Waals surface area contributed by atoms with Gasteiger partial charge in [0.1, 0.15) is 4.90 Å². The fourth-order valence-electron chi connectivity index (χ4n) is 2.42. The summed E-state index contributed by atoms with van der Waals surface area (Å²) >= 11 is 0. The summed E-state index contributed by atoms with van der Waals surface area (Å²) < 4.78 is 28.4. The van der Waals surface area contributed by atoms with Gasteiger partial charge in [0.2, 0.25) is 10.0 Å². The van der Waals surface area contributed by atoms with Crippen LogP contribution >= 0.6 is 0 Å². The molecule has 102 valence electrons. The van der Waals surface area contributed by atoms with Crippen LogP contribution < -0.4 is 5.32 Å². The molecule has 18 heavy (non-hydrogen) atoms. The first-order chi connectivity index (χ1) is 8.48. The average Bonchev–Trinajstić information content (AvgIpc) is 2.89. The summed E-state index contributed by atoms with van der Waals surface area (Å²) in [6.07, 6.45) is 3.28. The lowest BCUT2D eigenvalue weighted by Gasteiger charge is -2.23. The van der Waals surface area contributed by atoms with E-state index in [2.05, 4.69) is 10.4 Å². The molecule has 2 rings (SSSR count). The number of nitrogens with one attached hydrogen (secondary N) is 1. The normalized spacial score (nSPS) is 21.6. The van der Waals surface area contributed by atoms with E-state index in [1.807, 2.05) is 7.05 Å². The Morgan fingerprint density at radius 2 is 2.28 bits per heavy atom. The third kappa shape index (κ3) is 2.17. The minimum absolute atomic E-state index is 0.0552. The Balaban J connectivity index is 2.34. The monoisotopic (exact) mass is 272 g/mol. The van der Waals surface area contributed by atoms with E-state index in [1.165, 1.54) is 6.20 Å². The Morgan fingerprint density at radius 3 is 2.83 bits per heavy atom. The van der Waals surface area contributed by atoms with Crippen molar-refractivity contribution in [2.24, 2.45) is 7.05 Å². The second-order valence-corrected chi connectivity index (χ2v) is 6.55. The Hall–Kier alpha value is -0.920. The number of likely N-dealkylation sites (N-methyl/N-ethyl adjacent to an activating group) is 1. The molecular formula is C11H20N4O2S. The van der Waals surface area contributed by atoms with Crippen molar-refractivity contribution in [3.8, 4) is 0 Å². The second-order valence-electron chi connectivity index (χ2n) is 4.69. The largest absolute Gasteiger partial charge is 0.318 e. The van der Waals surface area contributed by atoms with Gasteiger partial charge in [-0.2, -0.15) is 9.40 Å². The van der Waals surface area contributed by atoms with E-state index in [-0.39, 0.29) is 6.04 Å². The minimum Gasteiger partial charge on any atom is -0.318 e. The van der Waals surface area contributed by atoms with Crippen LogP contribution in [0, 0.1) is 6.92 Å². The first-order valence-corrected chi connectivity index (χ1v) is 7.57. The van der Waals surface area contributed by atoms with Gasteiger partial charge in [0, 0.05) is 26.2 Å². The maximum atomic E-state index is 12.6. The second kappa shape index (κ2) is 4.99. The van der Waals surface area contributed by atoms with E-state index in [0.717, 1.165) is 12.8 Å². The molecule has 0 aliphatic carbocycles. The molecule has 0 radical (unpaired) electrons. The molecule has 0 bridgehead atoms. The Kier molecular flexibility index (Phi) is 3.74. The van der Waals surface area contributed by atoms with Gasteiger partial charge in [-0.1, -0.05) is 0 Å². The van der Waals surface area contributed by atoms with Crippen LogP contribution in [0.1, 0.15) is 18.5 Å². The predicted octanol–water partition coefficient (Wildman–Crippen LogP) is 0.101. The summed E-state index contributed by atoms with van der Waals surface area (Å²) in [7, 11) is 0.189. The summed E-state index contributed by atoms with van der Waals surface area (Å²) in [5.41, 5.74) is 0.685. The Labute approximate surface area is 108 Å². The zero-order chi connectivity index (χ0) is 13.3. The zero-order valence-electron chi connectivity index (χ0n) is 11.0. The van der Waals surface area contributed by atoms with Gasteiger partial charge in [-0.3, -0.25) is 4.68 Å². The van der Waals surface area contributed by atoms with Gasteiger partial charge in [0.05, 0.1) is 11.9 Å². The van der Waals surface area contributed by atoms with E-state index < -0.39 is 10.0 Å². The SMILES string of the molecule is CNCC1CCCN1S(=O)(=O)c1cnn(C)c1C. The molecule has 2 heterocycles. The van der Waals surface area contributed by atoms with Crippen LogP contribution in [0.25, 0.3) is 0 Å². The van der Waals surface area contributed by atoms with Crippen LogP contribution in [-0.4, -0.2) is 48.7 Å². The van der Waals surface area contributed by atoms with Crippen LogP contribution in [0.5, 0.6) is 0 Å². The number of hydrogen-bond acceptors (Lipinski definition) is 4. The van der Waals surface area contributed by atoms with Crippen LogP contribution in [0.3, 0.4) is 0 Å². The molecule has 0 saturated carbocycles. The van der Waals surface area contributed by atoms with E-state index in [9.17, 15) is 8.42 Å². The number of aromatic nitrogens is 2. The molecular weight excluding hydrogens is 252 g/mol. The summed E-state index contributed by atoms with van der Waals surface area (Å²) in [6.45, 7) is 3.07. The fourth-order valence-corrected chi connectivity index (χ4v) is 4.30. The maximum absolute atomic E-state index is 12.6. The third-order valence-electron chi connectivity index (χ3n) is 3.54. The summed E-state index contributed by atoms with van der Waals surface area (Å²) in [5.74, 6) is 0. The fraction of sp³-hybridized carbons (Fsp3) is 0.727. The van der Waals surface area contributed by atoms with E-state index >= 15 is 0 Å². The molecule has 0 spiro atoms. The Bertz CT molecular complexity index is 523. The van der Waals surface area contributed by atoms with Crippen molar-refractivity contribution >= 4 is 10.0 Å². The molecule has 6 nitrogen and oxygen atoms in total. The predicted molar refractivity (Wildman–Crippen MR) is 68.8 cm³/mol. The van der Waals surface area contributed by atoms with Crippen molar-refractivity contribution in [1.82, 2.24) is 19.4 Å². The number of sulfonamides is 1. The van der Waals surface area contributed by atoms with E-state index in [0.29, 0.717) is 23.7 Å². The molecule has 1 aromatic heterocycles. The van der Waals surface area contributed by atoms with Crippen molar-refractivity contribution < 1.29 is 8.42 Å². The lowest BCUT2D eigenvalue weighted by Crippen LogP contribution is -2.40. The topological polar surface area (TPSA) is 67.2 Å². The van der Waals surface area contributed by atoms with Gasteiger partial charge in [0.15, 0.2) is 0 Å². The average molecular weight is 272 g/mol. The van der Waals surface area contributed by atoms with Crippen molar-refractivity contribution in [3.05, 3.63) is 11.9 Å². The van der Waals surface area contributed by atoms with Gasteiger partial charge in [-0.25, -0.2) is 8.42 Å². The van der Waals surface area contributed by atoms with Crippen LogP contribution in [0.15, 0.2) is 11.1 Å². The third-order valence-corrected chi connectivity index (χ3v) is 5.59. The number of rotatable bonds is 4. The highest BCUT2D eigenvalue weighted by molar-refractivity contribution is 7.89. The molecule has 1 aromatic rings. The number of hydrogen-bond donors (Lipinski definition) is 1. The van der Waals surface area contributed by atoms with Gasteiger partial charge in [0.25, 0.3) is 0 Å². The molecule has 1 fully saturated rings. The molecule has 0 aromatic carbocycles. The van der Waals surface area contributed by atoms with Crippen LogP contribution in [0.4, 0.5) is 0 Å². The quantitative estimate of drug-likeness (QED) is 0.844. The molecule has 7 heteroatoms. The van der Waals surface area contributed by atoms with Crippen molar-refractivity contribution in [2.45, 2.75) is 30.7 Å². The first kappa shape index (κ1) is 13.5. The molecule has 1 aliphatic heterocycles. The highest BCUT2D eigenvalue weighted by Crippen LogP contribution is 2.27. The van der Waals surface area contributed by atoms with Crippen molar-refractivity contribution in [2.75, 3.05) is 20.1 Å². The number of aryl methyl sites for hydroxylation is 1. The molecule has 1 unspecified atom stereocenters. The van der Waals surface area contributed by atoms with Gasteiger partial charge in [-0.05, 0) is 26.8 Å². The standard InChI is InChI=1S/C11H20N4O2S/c1-9-11(8-13-14(9)3)18(16,17)15-6-4-5-10(15)7-12-2/h8,10,12H,4-7H2,1-3H3. The smallest absolute Gasteiger partial charge is 0.246 e. The van der Waals surface area contributed by atoms with Crippen LogP contribution in [0.2, 0.25) is 0 Å². The molecule has 0 amide bonds. The lowest BCUT2D eigenvalue weighted by atomic mass is 10.2. The highest BCUT2D eigenvalue weighted by Gasteiger charge is 2.36. The summed E-state index contributed by atoms with van der Waals surface area (Å²) in [6, 6.07) is 0.0552. The lowest BCUT2D eigenvalue weighted by molar-refractivity contribution is 0.379. The van der Waals surface area contributed by atoms with E-state index in [1.54, 1.807) is 23.0 Å². The van der Waals surface area contributed by atoms with Gasteiger partial charge < -0.3 is 5.32 Å². The van der Waals surface area contributed by atoms with E-state index in [4.69, 9.17) is 0 Å².